The number of carbonyl (C=O) groups is 2. The fourth-order valence-electron chi connectivity index (χ4n) is 4.48. The van der Waals surface area contributed by atoms with Gasteiger partial charge in [-0.2, -0.15) is 0 Å². The smallest absolute Gasteiger partial charge is 0.543 e. The van der Waals surface area contributed by atoms with Crippen molar-refractivity contribution in [3.05, 3.63) is 41.1 Å². The third-order valence-electron chi connectivity index (χ3n) is 5.76. The van der Waals surface area contributed by atoms with Gasteiger partial charge < -0.3 is 19.9 Å². The summed E-state index contributed by atoms with van der Waals surface area (Å²) in [4.78, 5) is 25.3. The normalized spacial score (nSPS) is 28.4. The van der Waals surface area contributed by atoms with E-state index in [-0.39, 0.29) is 47.6 Å². The summed E-state index contributed by atoms with van der Waals surface area (Å²) in [6.45, 7) is 3.08. The average Bonchev–Trinajstić information content (AvgIpc) is 2.97. The van der Waals surface area contributed by atoms with E-state index in [0.29, 0.717) is 16.8 Å². The molecule has 10 heteroatoms. The second kappa shape index (κ2) is 7.14. The summed E-state index contributed by atoms with van der Waals surface area (Å²) >= 11 is 0. The number of hydrogen-bond donors (Lipinski definition) is 1. The molecule has 1 saturated heterocycles. The third kappa shape index (κ3) is 2.91. The Labute approximate surface area is 185 Å². The molecule has 1 aromatic rings. The standard InChI is InChI=1S/C18H20N2O6S.Na/c1-9-12(7-19-13-6-4-3-5-11(13)8-27(19,25)26)16(18(23)24)20-15(9)14(10(2)21)17(20)22;/h3-6,9-10,14-15,21H,7-8H2,1-2H3,(H,23,24);/q;+1/p-1/t9-,10+,14+,15+;/m0./s1. The van der Waals surface area contributed by atoms with Gasteiger partial charge in [0.15, 0.2) is 0 Å². The average molecular weight is 414 g/mol. The first kappa shape index (κ1) is 21.3. The number of anilines is 1. The van der Waals surface area contributed by atoms with E-state index >= 15 is 0 Å². The number of fused-ring (bicyclic) bond motifs is 2. The van der Waals surface area contributed by atoms with Gasteiger partial charge in [-0.05, 0) is 24.1 Å². The molecule has 0 saturated carbocycles. The number of rotatable bonds is 4. The summed E-state index contributed by atoms with van der Waals surface area (Å²) in [5, 5.41) is 21.6. The molecule has 8 nitrogen and oxygen atoms in total. The molecule has 1 amide bonds. The van der Waals surface area contributed by atoms with Crippen LogP contribution >= 0.6 is 0 Å². The summed E-state index contributed by atoms with van der Waals surface area (Å²) in [6, 6.07) is 6.37. The molecular weight excluding hydrogens is 395 g/mol. The number of carboxylic acid groups (broad SMARTS) is 1. The Balaban J connectivity index is 0.00000225. The first-order chi connectivity index (χ1) is 12.6. The molecule has 3 aliphatic heterocycles. The molecule has 3 heterocycles. The number of nitrogens with zero attached hydrogens (tertiary/aromatic N) is 2. The summed E-state index contributed by atoms with van der Waals surface area (Å²) in [7, 11) is -3.63. The van der Waals surface area contributed by atoms with E-state index in [1.807, 2.05) is 0 Å². The van der Waals surface area contributed by atoms with E-state index in [1.165, 1.54) is 11.2 Å². The number of carboxylic acids is 1. The van der Waals surface area contributed by atoms with E-state index in [0.717, 1.165) is 4.90 Å². The van der Waals surface area contributed by atoms with Crippen LogP contribution in [0.4, 0.5) is 5.69 Å². The third-order valence-corrected chi connectivity index (χ3v) is 7.43. The van der Waals surface area contributed by atoms with Gasteiger partial charge in [0, 0.05) is 5.92 Å². The number of β-lactam (4-membered cyclic amide) rings is 1. The zero-order valence-electron chi connectivity index (χ0n) is 15.8. The van der Waals surface area contributed by atoms with Gasteiger partial charge >= 0.3 is 29.6 Å². The molecule has 0 radical (unpaired) electrons. The second-order valence-electron chi connectivity index (χ2n) is 7.31. The predicted molar refractivity (Wildman–Crippen MR) is 93.4 cm³/mol. The number of aliphatic carboxylic acids is 1. The van der Waals surface area contributed by atoms with Crippen molar-refractivity contribution in [2.45, 2.75) is 31.7 Å². The molecule has 4 rings (SSSR count). The van der Waals surface area contributed by atoms with Gasteiger partial charge in [-0.3, -0.25) is 9.10 Å². The molecule has 1 N–H and O–H groups in total. The van der Waals surface area contributed by atoms with E-state index in [9.17, 15) is 28.2 Å². The van der Waals surface area contributed by atoms with Gasteiger partial charge in [-0.25, -0.2) is 8.42 Å². The Kier molecular flexibility index (Phi) is 5.44. The second-order valence-corrected chi connectivity index (χ2v) is 9.20. The van der Waals surface area contributed by atoms with Crippen molar-refractivity contribution in [1.29, 1.82) is 0 Å². The van der Waals surface area contributed by atoms with Gasteiger partial charge in [0.1, 0.15) is 0 Å². The maximum atomic E-state index is 12.6. The van der Waals surface area contributed by atoms with Crippen molar-refractivity contribution in [2.24, 2.45) is 11.8 Å². The Morgan fingerprint density at radius 3 is 2.61 bits per heavy atom. The van der Waals surface area contributed by atoms with Crippen LogP contribution in [-0.2, 0) is 25.4 Å². The van der Waals surface area contributed by atoms with Gasteiger partial charge in [0.2, 0.25) is 15.9 Å². The van der Waals surface area contributed by atoms with Crippen molar-refractivity contribution in [3.63, 3.8) is 0 Å². The first-order valence-electron chi connectivity index (χ1n) is 8.69. The molecule has 1 aromatic carbocycles. The van der Waals surface area contributed by atoms with E-state index < -0.39 is 45.9 Å². The fraction of sp³-hybridized carbons (Fsp3) is 0.444. The summed E-state index contributed by atoms with van der Waals surface area (Å²) < 4.78 is 26.4. The number of hydrogen-bond acceptors (Lipinski definition) is 6. The molecule has 0 bridgehead atoms. The van der Waals surface area contributed by atoms with Crippen molar-refractivity contribution in [3.8, 4) is 0 Å². The Bertz CT molecular complexity index is 990. The minimum absolute atomic E-state index is 0. The predicted octanol–water partition coefficient (Wildman–Crippen LogP) is -3.80. The van der Waals surface area contributed by atoms with Crippen LogP contribution in [0.2, 0.25) is 0 Å². The number of aliphatic hydroxyl groups is 1. The minimum Gasteiger partial charge on any atom is -0.543 e. The van der Waals surface area contributed by atoms with Gasteiger partial charge in [0.25, 0.3) is 0 Å². The number of amides is 1. The van der Waals surface area contributed by atoms with Gasteiger partial charge in [-0.15, -0.1) is 0 Å². The molecule has 1 fully saturated rings. The molecular formula is C18H19N2NaO6S. The SMILES string of the molecule is C[C@@H](O)[C@H]1C(=O)N2C(C(=O)[O-])=C(CN3c4ccccc4CS3(=O)=O)[C@H](C)[C@H]12.[Na+]. The van der Waals surface area contributed by atoms with Crippen LogP contribution in [0.5, 0.6) is 0 Å². The molecule has 0 aliphatic carbocycles. The van der Waals surface area contributed by atoms with Crippen molar-refractivity contribution >= 4 is 27.6 Å². The van der Waals surface area contributed by atoms with Crippen LogP contribution < -0.4 is 39.0 Å². The topological polar surface area (TPSA) is 118 Å². The Morgan fingerprint density at radius 2 is 2.00 bits per heavy atom. The molecule has 144 valence electrons. The summed E-state index contributed by atoms with van der Waals surface area (Å²) in [5.74, 6) is -3.23. The van der Waals surface area contributed by atoms with E-state index in [4.69, 9.17) is 0 Å². The largest absolute Gasteiger partial charge is 1.00 e. The number of para-hydroxylation sites is 1. The van der Waals surface area contributed by atoms with Gasteiger partial charge in [0.05, 0.1) is 47.7 Å². The zero-order valence-corrected chi connectivity index (χ0v) is 18.6. The maximum absolute atomic E-state index is 12.6. The Hall–Kier alpha value is -1.39. The zero-order chi connectivity index (χ0) is 19.7. The van der Waals surface area contributed by atoms with Crippen LogP contribution in [0.15, 0.2) is 35.5 Å². The van der Waals surface area contributed by atoms with Crippen molar-refractivity contribution in [2.75, 3.05) is 10.8 Å². The maximum Gasteiger partial charge on any atom is 1.00 e. The number of sulfonamides is 1. The van der Waals surface area contributed by atoms with Crippen LogP contribution in [0.25, 0.3) is 0 Å². The van der Waals surface area contributed by atoms with E-state index in [2.05, 4.69) is 0 Å². The van der Waals surface area contributed by atoms with Gasteiger partial charge in [-0.1, -0.05) is 25.1 Å². The van der Waals surface area contributed by atoms with Crippen LogP contribution in [0.3, 0.4) is 0 Å². The summed E-state index contributed by atoms with van der Waals surface area (Å²) in [6.07, 6.45) is -0.917. The molecule has 0 aromatic heterocycles. The molecule has 0 unspecified atom stereocenters. The number of carbonyl (C=O) groups excluding carboxylic acids is 2. The minimum atomic E-state index is -3.63. The van der Waals surface area contributed by atoms with Crippen LogP contribution in [0, 0.1) is 11.8 Å². The number of benzene rings is 1. The molecule has 0 spiro atoms. The van der Waals surface area contributed by atoms with E-state index in [1.54, 1.807) is 31.2 Å². The number of aliphatic hydroxyl groups excluding tert-OH is 1. The summed E-state index contributed by atoms with van der Waals surface area (Å²) in [5.41, 5.74) is 1.23. The first-order valence-corrected chi connectivity index (χ1v) is 10.3. The quantitative estimate of drug-likeness (QED) is 0.399. The van der Waals surface area contributed by atoms with Crippen molar-refractivity contribution < 1.29 is 57.8 Å². The Morgan fingerprint density at radius 1 is 1.36 bits per heavy atom. The molecule has 3 aliphatic rings. The van der Waals surface area contributed by atoms with Crippen LogP contribution in [-0.4, -0.2) is 49.0 Å². The monoisotopic (exact) mass is 414 g/mol. The van der Waals surface area contributed by atoms with Crippen LogP contribution in [0.1, 0.15) is 19.4 Å². The fourth-order valence-corrected chi connectivity index (χ4v) is 6.09. The molecule has 28 heavy (non-hydrogen) atoms. The van der Waals surface area contributed by atoms with Crippen molar-refractivity contribution in [1.82, 2.24) is 4.90 Å². The molecule has 4 atom stereocenters.